The molecule has 1 aliphatic rings. The molecule has 1 heterocycles. The Morgan fingerprint density at radius 2 is 1.30 bits per heavy atom. The third-order valence-corrected chi connectivity index (χ3v) is 6.98. The standard InChI is InChI=1S/C29H49N3O8/c1-29(2,3)20-14-12-10-8-6-4-5-7-9-11-13-15-21(28(38)39)26(36)31-27(37)22(30)16-19-25(35)40-32-23(33)17-18-24(32)34/h21-22H,4-20,30H2,1-3H3,(H,38,39)(H,31,36,37)/t21?,22-/m0/s1. The van der Waals surface area contributed by atoms with Gasteiger partial charge < -0.3 is 15.7 Å². The third-order valence-electron chi connectivity index (χ3n) is 6.98. The van der Waals surface area contributed by atoms with Gasteiger partial charge in [-0.3, -0.25) is 29.3 Å². The van der Waals surface area contributed by atoms with Crippen molar-refractivity contribution in [3.63, 3.8) is 0 Å². The van der Waals surface area contributed by atoms with E-state index in [1.165, 1.54) is 44.9 Å². The number of carbonyl (C=O) groups excluding carboxylic acids is 5. The Kier molecular flexibility index (Phi) is 16.3. The molecule has 1 aliphatic heterocycles. The minimum Gasteiger partial charge on any atom is -0.481 e. The van der Waals surface area contributed by atoms with Crippen molar-refractivity contribution >= 4 is 35.6 Å². The van der Waals surface area contributed by atoms with Crippen LogP contribution in [0, 0.1) is 11.3 Å². The Labute approximate surface area is 237 Å². The number of carboxylic acid groups (broad SMARTS) is 1. The fourth-order valence-corrected chi connectivity index (χ4v) is 4.47. The average molecular weight is 568 g/mol. The average Bonchev–Trinajstić information content (AvgIpc) is 3.18. The number of amides is 4. The summed E-state index contributed by atoms with van der Waals surface area (Å²) in [6.07, 6.45) is 12.9. The Bertz CT molecular complexity index is 852. The van der Waals surface area contributed by atoms with Gasteiger partial charge in [0.1, 0.15) is 5.92 Å². The number of rotatable bonds is 20. The summed E-state index contributed by atoms with van der Waals surface area (Å²) in [6, 6.07) is -1.28. The number of unbranched alkanes of at least 4 members (excludes halogenated alkanes) is 10. The molecular weight excluding hydrogens is 518 g/mol. The van der Waals surface area contributed by atoms with E-state index >= 15 is 0 Å². The van der Waals surface area contributed by atoms with Crippen LogP contribution in [0.1, 0.15) is 130 Å². The number of nitrogens with one attached hydrogen (secondary N) is 1. The molecule has 0 saturated carbocycles. The predicted octanol–water partition coefficient (Wildman–Crippen LogP) is 4.16. The van der Waals surface area contributed by atoms with Gasteiger partial charge in [-0.05, 0) is 24.7 Å². The van der Waals surface area contributed by atoms with E-state index in [2.05, 4.69) is 20.8 Å². The summed E-state index contributed by atoms with van der Waals surface area (Å²) in [5.41, 5.74) is 6.14. The summed E-state index contributed by atoms with van der Waals surface area (Å²) in [7, 11) is 0. The van der Waals surface area contributed by atoms with Crippen LogP contribution < -0.4 is 11.1 Å². The normalized spacial score (nSPS) is 15.2. The summed E-state index contributed by atoms with van der Waals surface area (Å²) in [5, 5.41) is 11.9. The number of nitrogens with zero attached hydrogens (tertiary/aromatic N) is 1. The molecule has 11 heteroatoms. The molecule has 1 saturated heterocycles. The lowest BCUT2D eigenvalue weighted by Crippen LogP contribution is -2.47. The first-order valence-electron chi connectivity index (χ1n) is 14.7. The highest BCUT2D eigenvalue weighted by atomic mass is 16.7. The van der Waals surface area contributed by atoms with Gasteiger partial charge in [0.2, 0.25) is 11.8 Å². The van der Waals surface area contributed by atoms with Gasteiger partial charge in [-0.1, -0.05) is 91.4 Å². The van der Waals surface area contributed by atoms with E-state index in [0.29, 0.717) is 16.9 Å². The van der Waals surface area contributed by atoms with Crippen LogP contribution in [0.2, 0.25) is 0 Å². The lowest BCUT2D eigenvalue weighted by Gasteiger charge is -2.17. The molecule has 2 atom stereocenters. The smallest absolute Gasteiger partial charge is 0.333 e. The van der Waals surface area contributed by atoms with Gasteiger partial charge in [-0.15, -0.1) is 5.06 Å². The molecule has 4 N–H and O–H groups in total. The maximum absolute atomic E-state index is 12.4. The molecule has 1 unspecified atom stereocenters. The Balaban J connectivity index is 2.18. The fraction of sp³-hybridized carbons (Fsp3) is 0.793. The molecule has 228 valence electrons. The zero-order chi connectivity index (χ0) is 30.1. The highest BCUT2D eigenvalue weighted by Crippen LogP contribution is 2.23. The lowest BCUT2D eigenvalue weighted by atomic mass is 9.89. The first kappa shape index (κ1) is 35.2. The van der Waals surface area contributed by atoms with Gasteiger partial charge in [-0.25, -0.2) is 4.79 Å². The summed E-state index contributed by atoms with van der Waals surface area (Å²) < 4.78 is 0. The van der Waals surface area contributed by atoms with Gasteiger partial charge in [0.05, 0.1) is 6.04 Å². The molecule has 40 heavy (non-hydrogen) atoms. The molecule has 4 amide bonds. The van der Waals surface area contributed by atoms with Crippen molar-refractivity contribution in [2.75, 3.05) is 0 Å². The van der Waals surface area contributed by atoms with Crippen LogP contribution >= 0.6 is 0 Å². The van der Waals surface area contributed by atoms with Gasteiger partial charge in [-0.2, -0.15) is 0 Å². The van der Waals surface area contributed by atoms with Crippen molar-refractivity contribution in [3.05, 3.63) is 0 Å². The second kappa shape index (κ2) is 18.5. The largest absolute Gasteiger partial charge is 0.481 e. The number of hydrogen-bond acceptors (Lipinski definition) is 8. The molecule has 0 aliphatic carbocycles. The summed E-state index contributed by atoms with van der Waals surface area (Å²) in [5.74, 6) is -6.71. The number of nitrogens with two attached hydrogens (primary N) is 1. The third kappa shape index (κ3) is 15.1. The summed E-state index contributed by atoms with van der Waals surface area (Å²) in [4.78, 5) is 75.7. The fourth-order valence-electron chi connectivity index (χ4n) is 4.47. The van der Waals surface area contributed by atoms with Crippen LogP contribution in [0.5, 0.6) is 0 Å². The molecule has 0 radical (unpaired) electrons. The molecule has 1 fully saturated rings. The van der Waals surface area contributed by atoms with E-state index in [-0.39, 0.29) is 32.1 Å². The van der Waals surface area contributed by atoms with Crippen LogP contribution in [0.15, 0.2) is 0 Å². The molecule has 1 rings (SSSR count). The zero-order valence-electron chi connectivity index (χ0n) is 24.5. The number of carbonyl (C=O) groups is 6. The first-order chi connectivity index (χ1) is 18.8. The number of carboxylic acids is 1. The number of hydrogen-bond donors (Lipinski definition) is 3. The zero-order valence-corrected chi connectivity index (χ0v) is 24.5. The molecular formula is C29H49N3O8. The Hall–Kier alpha value is -2.82. The number of hydroxylamine groups is 2. The van der Waals surface area contributed by atoms with Crippen LogP contribution in [0.25, 0.3) is 0 Å². The molecule has 0 bridgehead atoms. The predicted molar refractivity (Wildman–Crippen MR) is 148 cm³/mol. The quantitative estimate of drug-likeness (QED) is 0.111. The van der Waals surface area contributed by atoms with E-state index < -0.39 is 47.5 Å². The minimum atomic E-state index is -1.37. The maximum atomic E-state index is 12.4. The van der Waals surface area contributed by atoms with Crippen LogP contribution in [-0.2, 0) is 33.6 Å². The van der Waals surface area contributed by atoms with Crippen LogP contribution in [0.3, 0.4) is 0 Å². The monoisotopic (exact) mass is 567 g/mol. The van der Waals surface area contributed by atoms with Crippen molar-refractivity contribution in [3.8, 4) is 0 Å². The van der Waals surface area contributed by atoms with Gasteiger partial charge in [0, 0.05) is 19.3 Å². The minimum absolute atomic E-state index is 0.0425. The van der Waals surface area contributed by atoms with Gasteiger partial charge >= 0.3 is 11.9 Å². The second-order valence-electron chi connectivity index (χ2n) is 11.9. The SMILES string of the molecule is CC(C)(C)CCCCCCCCCCCCCC(C(=O)O)C(=O)NC(=O)[C@@H](N)CCC(=O)ON1C(=O)CCC1=O. The van der Waals surface area contributed by atoms with Crippen molar-refractivity contribution in [2.45, 2.75) is 136 Å². The highest BCUT2D eigenvalue weighted by molar-refractivity contribution is 6.05. The van der Waals surface area contributed by atoms with Crippen LogP contribution in [0.4, 0.5) is 0 Å². The van der Waals surface area contributed by atoms with Gasteiger partial charge in [0.25, 0.3) is 11.8 Å². The summed E-state index contributed by atoms with van der Waals surface area (Å²) in [6.45, 7) is 6.84. The Morgan fingerprint density at radius 1 is 0.825 bits per heavy atom. The van der Waals surface area contributed by atoms with Crippen molar-refractivity contribution < 1.29 is 38.7 Å². The van der Waals surface area contributed by atoms with E-state index in [1.54, 1.807) is 0 Å². The van der Waals surface area contributed by atoms with Gasteiger partial charge in [0.15, 0.2) is 0 Å². The second-order valence-corrected chi connectivity index (χ2v) is 11.9. The molecule has 0 spiro atoms. The van der Waals surface area contributed by atoms with Crippen molar-refractivity contribution in [1.82, 2.24) is 10.4 Å². The van der Waals surface area contributed by atoms with Crippen LogP contribution in [-0.4, -0.2) is 51.8 Å². The summed E-state index contributed by atoms with van der Waals surface area (Å²) >= 11 is 0. The molecule has 0 aromatic rings. The number of imide groups is 2. The topological polar surface area (TPSA) is 173 Å². The van der Waals surface area contributed by atoms with E-state index in [9.17, 15) is 33.9 Å². The van der Waals surface area contributed by atoms with E-state index in [4.69, 9.17) is 10.6 Å². The number of aliphatic carboxylic acids is 1. The van der Waals surface area contributed by atoms with Crippen molar-refractivity contribution in [1.29, 1.82) is 0 Å². The van der Waals surface area contributed by atoms with E-state index in [0.717, 1.165) is 25.7 Å². The Morgan fingerprint density at radius 3 is 1.77 bits per heavy atom. The lowest BCUT2D eigenvalue weighted by molar-refractivity contribution is -0.197. The maximum Gasteiger partial charge on any atom is 0.333 e. The van der Waals surface area contributed by atoms with Crippen molar-refractivity contribution in [2.24, 2.45) is 17.1 Å². The molecule has 0 aromatic heterocycles. The molecule has 0 aromatic carbocycles. The molecule has 11 nitrogen and oxygen atoms in total. The van der Waals surface area contributed by atoms with E-state index in [1.807, 2.05) is 5.32 Å². The first-order valence-corrected chi connectivity index (χ1v) is 14.7. The highest BCUT2D eigenvalue weighted by Gasteiger charge is 2.33.